The second kappa shape index (κ2) is 5.99. The van der Waals surface area contributed by atoms with Gasteiger partial charge in [-0.25, -0.2) is 4.79 Å². The number of carbonyl (C=O) groups excluding carboxylic acids is 1. The molecule has 2 rings (SSSR count). The lowest BCUT2D eigenvalue weighted by atomic mass is 9.99. The molecule has 2 fully saturated rings. The molecular weight excluding hydrogens is 258 g/mol. The van der Waals surface area contributed by atoms with E-state index in [4.69, 9.17) is 5.11 Å². The van der Waals surface area contributed by atoms with E-state index in [0.717, 1.165) is 25.9 Å². The minimum atomic E-state index is -0.794. The van der Waals surface area contributed by atoms with Gasteiger partial charge in [0, 0.05) is 32.2 Å². The monoisotopic (exact) mass is 283 g/mol. The SMILES string of the molecule is CC1CN(C(=O)N2CCCC(N(C)C)C2)CC1C(=O)O. The molecule has 3 unspecified atom stereocenters. The van der Waals surface area contributed by atoms with Crippen LogP contribution >= 0.6 is 0 Å². The molecule has 0 spiro atoms. The van der Waals surface area contributed by atoms with Gasteiger partial charge in [0.25, 0.3) is 0 Å². The highest BCUT2D eigenvalue weighted by molar-refractivity contribution is 5.78. The lowest BCUT2D eigenvalue weighted by molar-refractivity contribution is -0.142. The number of likely N-dealkylation sites (tertiary alicyclic amines) is 2. The van der Waals surface area contributed by atoms with Crippen LogP contribution < -0.4 is 0 Å². The van der Waals surface area contributed by atoms with Gasteiger partial charge in [-0.15, -0.1) is 0 Å². The molecule has 0 aromatic rings. The average molecular weight is 283 g/mol. The number of likely N-dealkylation sites (N-methyl/N-ethyl adjacent to an activating group) is 1. The Balaban J connectivity index is 1.96. The topological polar surface area (TPSA) is 64.1 Å². The maximum atomic E-state index is 12.5. The van der Waals surface area contributed by atoms with E-state index in [2.05, 4.69) is 4.90 Å². The van der Waals surface area contributed by atoms with E-state index in [-0.39, 0.29) is 11.9 Å². The molecule has 0 aliphatic carbocycles. The molecule has 6 nitrogen and oxygen atoms in total. The summed E-state index contributed by atoms with van der Waals surface area (Å²) < 4.78 is 0. The van der Waals surface area contributed by atoms with E-state index in [1.807, 2.05) is 25.9 Å². The molecule has 114 valence electrons. The van der Waals surface area contributed by atoms with Crippen LogP contribution in [0.2, 0.25) is 0 Å². The summed E-state index contributed by atoms with van der Waals surface area (Å²) in [4.78, 5) is 29.4. The van der Waals surface area contributed by atoms with Gasteiger partial charge in [-0.1, -0.05) is 6.92 Å². The van der Waals surface area contributed by atoms with Gasteiger partial charge >= 0.3 is 12.0 Å². The minimum Gasteiger partial charge on any atom is -0.481 e. The summed E-state index contributed by atoms with van der Waals surface area (Å²) in [5.74, 6) is -1.18. The summed E-state index contributed by atoms with van der Waals surface area (Å²) in [6.07, 6.45) is 2.13. The Bertz CT molecular complexity index is 386. The summed E-state index contributed by atoms with van der Waals surface area (Å²) >= 11 is 0. The molecule has 6 heteroatoms. The van der Waals surface area contributed by atoms with Gasteiger partial charge in [-0.2, -0.15) is 0 Å². The van der Waals surface area contributed by atoms with Crippen LogP contribution in [0.15, 0.2) is 0 Å². The van der Waals surface area contributed by atoms with Crippen LogP contribution in [0, 0.1) is 11.8 Å². The molecule has 3 atom stereocenters. The van der Waals surface area contributed by atoms with Crippen molar-refractivity contribution in [3.05, 3.63) is 0 Å². The summed E-state index contributed by atoms with van der Waals surface area (Å²) in [5, 5.41) is 9.15. The zero-order valence-electron chi connectivity index (χ0n) is 12.6. The summed E-state index contributed by atoms with van der Waals surface area (Å²) in [6, 6.07) is 0.412. The van der Waals surface area contributed by atoms with Gasteiger partial charge in [0.2, 0.25) is 0 Å². The first-order chi connectivity index (χ1) is 9.40. The van der Waals surface area contributed by atoms with Crippen molar-refractivity contribution in [3.8, 4) is 0 Å². The number of urea groups is 1. The number of carboxylic acids is 1. The molecule has 0 aromatic heterocycles. The highest BCUT2D eigenvalue weighted by Gasteiger charge is 2.39. The standard InChI is InChI=1S/C14H25N3O3/c1-10-7-17(9-12(10)13(18)19)14(20)16-6-4-5-11(8-16)15(2)3/h10-12H,4-9H2,1-3H3,(H,18,19). The second-order valence-corrected chi connectivity index (χ2v) is 6.32. The molecule has 20 heavy (non-hydrogen) atoms. The Morgan fingerprint density at radius 2 is 1.85 bits per heavy atom. The van der Waals surface area contributed by atoms with Crippen LogP contribution in [-0.2, 0) is 4.79 Å². The molecular formula is C14H25N3O3. The Morgan fingerprint density at radius 3 is 2.40 bits per heavy atom. The van der Waals surface area contributed by atoms with Crippen molar-refractivity contribution in [3.63, 3.8) is 0 Å². The zero-order chi connectivity index (χ0) is 14.9. The number of nitrogens with zero attached hydrogens (tertiary/aromatic N) is 3. The quantitative estimate of drug-likeness (QED) is 0.813. The fourth-order valence-electron chi connectivity index (χ4n) is 3.19. The molecule has 0 saturated carbocycles. The molecule has 1 N–H and O–H groups in total. The van der Waals surface area contributed by atoms with Crippen molar-refractivity contribution >= 4 is 12.0 Å². The minimum absolute atomic E-state index is 0.00662. The normalized spacial score (nSPS) is 30.9. The predicted molar refractivity (Wildman–Crippen MR) is 75.5 cm³/mol. The van der Waals surface area contributed by atoms with Crippen LogP contribution in [-0.4, -0.2) is 78.1 Å². The largest absolute Gasteiger partial charge is 0.481 e. The number of hydrogen-bond acceptors (Lipinski definition) is 3. The third kappa shape index (κ3) is 3.06. The predicted octanol–water partition coefficient (Wildman–Crippen LogP) is 0.785. The Labute approximate surface area is 120 Å². The van der Waals surface area contributed by atoms with Crippen molar-refractivity contribution in [2.45, 2.75) is 25.8 Å². The van der Waals surface area contributed by atoms with Crippen LogP contribution in [0.25, 0.3) is 0 Å². The molecule has 0 aromatic carbocycles. The second-order valence-electron chi connectivity index (χ2n) is 6.32. The fourth-order valence-corrected chi connectivity index (χ4v) is 3.19. The van der Waals surface area contributed by atoms with E-state index < -0.39 is 11.9 Å². The van der Waals surface area contributed by atoms with Crippen molar-refractivity contribution in [1.82, 2.24) is 14.7 Å². The maximum absolute atomic E-state index is 12.5. The van der Waals surface area contributed by atoms with Crippen LogP contribution in [0.1, 0.15) is 19.8 Å². The molecule has 0 radical (unpaired) electrons. The number of carboxylic acid groups (broad SMARTS) is 1. The molecule has 2 heterocycles. The van der Waals surface area contributed by atoms with Crippen LogP contribution in [0.3, 0.4) is 0 Å². The van der Waals surface area contributed by atoms with E-state index in [1.54, 1.807) is 4.90 Å². The average Bonchev–Trinajstić information content (AvgIpc) is 2.80. The van der Waals surface area contributed by atoms with Crippen molar-refractivity contribution < 1.29 is 14.7 Å². The summed E-state index contributed by atoms with van der Waals surface area (Å²) in [5.41, 5.74) is 0. The number of aliphatic carboxylic acids is 1. The summed E-state index contributed by atoms with van der Waals surface area (Å²) in [6.45, 7) is 4.34. The smallest absolute Gasteiger partial charge is 0.320 e. The van der Waals surface area contributed by atoms with Gasteiger partial charge in [0.05, 0.1) is 5.92 Å². The van der Waals surface area contributed by atoms with Gasteiger partial charge < -0.3 is 19.8 Å². The van der Waals surface area contributed by atoms with Gasteiger partial charge in [0.15, 0.2) is 0 Å². The van der Waals surface area contributed by atoms with Gasteiger partial charge in [0.1, 0.15) is 0 Å². The first-order valence-corrected chi connectivity index (χ1v) is 7.33. The first-order valence-electron chi connectivity index (χ1n) is 7.33. The number of piperidine rings is 1. The number of hydrogen-bond donors (Lipinski definition) is 1. The van der Waals surface area contributed by atoms with Crippen LogP contribution in [0.5, 0.6) is 0 Å². The van der Waals surface area contributed by atoms with E-state index in [0.29, 0.717) is 19.1 Å². The van der Waals surface area contributed by atoms with Gasteiger partial charge in [-0.05, 0) is 32.9 Å². The summed E-state index contributed by atoms with van der Waals surface area (Å²) in [7, 11) is 4.08. The van der Waals surface area contributed by atoms with Crippen molar-refractivity contribution in [2.75, 3.05) is 40.3 Å². The highest BCUT2D eigenvalue weighted by Crippen LogP contribution is 2.25. The lowest BCUT2D eigenvalue weighted by Gasteiger charge is -2.37. The number of amides is 2. The molecule has 2 aliphatic heterocycles. The molecule has 2 saturated heterocycles. The number of rotatable bonds is 2. The van der Waals surface area contributed by atoms with Gasteiger partial charge in [-0.3, -0.25) is 4.79 Å². The van der Waals surface area contributed by atoms with E-state index >= 15 is 0 Å². The Morgan fingerprint density at radius 1 is 1.15 bits per heavy atom. The van der Waals surface area contributed by atoms with E-state index in [1.165, 1.54) is 0 Å². The Kier molecular flexibility index (Phi) is 4.52. The zero-order valence-corrected chi connectivity index (χ0v) is 12.6. The Hall–Kier alpha value is -1.30. The molecule has 2 amide bonds. The fraction of sp³-hybridized carbons (Fsp3) is 0.857. The highest BCUT2D eigenvalue weighted by atomic mass is 16.4. The number of carbonyl (C=O) groups is 2. The lowest BCUT2D eigenvalue weighted by Crippen LogP contribution is -2.51. The maximum Gasteiger partial charge on any atom is 0.320 e. The third-order valence-corrected chi connectivity index (χ3v) is 4.60. The molecule has 2 aliphatic rings. The first kappa shape index (κ1) is 15.1. The van der Waals surface area contributed by atoms with Crippen molar-refractivity contribution in [1.29, 1.82) is 0 Å². The van der Waals surface area contributed by atoms with E-state index in [9.17, 15) is 9.59 Å². The van der Waals surface area contributed by atoms with Crippen LogP contribution in [0.4, 0.5) is 4.79 Å². The third-order valence-electron chi connectivity index (χ3n) is 4.60. The molecule has 0 bridgehead atoms. The van der Waals surface area contributed by atoms with Crippen molar-refractivity contribution in [2.24, 2.45) is 11.8 Å².